The predicted molar refractivity (Wildman–Crippen MR) is 58.9 cm³/mol. The van der Waals surface area contributed by atoms with Crippen LogP contribution in [-0.4, -0.2) is 16.5 Å². The van der Waals surface area contributed by atoms with Crippen molar-refractivity contribution in [2.45, 2.75) is 30.2 Å². The van der Waals surface area contributed by atoms with Crippen molar-refractivity contribution in [1.29, 1.82) is 0 Å². The van der Waals surface area contributed by atoms with Gasteiger partial charge >= 0.3 is 0 Å². The summed E-state index contributed by atoms with van der Waals surface area (Å²) in [5, 5.41) is 3.40. The molecule has 0 radical (unpaired) electrons. The lowest BCUT2D eigenvalue weighted by atomic mass is 10.1. The second-order valence-electron chi connectivity index (χ2n) is 2.51. The number of alkyl halides is 1. The highest BCUT2D eigenvalue weighted by molar-refractivity contribution is 14.1. The van der Waals surface area contributed by atoms with Crippen LogP contribution in [0.1, 0.15) is 20.3 Å². The first kappa shape index (κ1) is 11.2. The van der Waals surface area contributed by atoms with E-state index in [-0.39, 0.29) is 0 Å². The summed E-state index contributed by atoms with van der Waals surface area (Å²) in [6, 6.07) is 0.556. The summed E-state index contributed by atoms with van der Waals surface area (Å²) in [6.07, 6.45) is 4.64. The van der Waals surface area contributed by atoms with Crippen LogP contribution >= 0.6 is 22.6 Å². The summed E-state index contributed by atoms with van der Waals surface area (Å²) in [5.74, 6) is 0. The molecule has 0 aliphatic carbocycles. The molecule has 0 saturated heterocycles. The first-order valence-corrected chi connectivity index (χ1v) is 5.21. The molecule has 66 valence electrons. The van der Waals surface area contributed by atoms with Gasteiger partial charge in [-0.3, -0.25) is 0 Å². The number of nitrogens with two attached hydrogens (primary N) is 1. The fourth-order valence-electron chi connectivity index (χ4n) is 0.921. The molecule has 0 aromatic heterocycles. The highest BCUT2D eigenvalue weighted by Gasteiger charge is 2.10. The fourth-order valence-corrected chi connectivity index (χ4v) is 1.47. The molecule has 0 aliphatic rings. The van der Waals surface area contributed by atoms with Gasteiger partial charge in [-0.2, -0.15) is 0 Å². The maximum absolute atomic E-state index is 5.26. The van der Waals surface area contributed by atoms with Gasteiger partial charge in [0.05, 0.1) is 0 Å². The van der Waals surface area contributed by atoms with Crippen molar-refractivity contribution in [2.75, 3.05) is 6.54 Å². The summed E-state index contributed by atoms with van der Waals surface area (Å²) in [7, 11) is 0. The monoisotopic (exact) mass is 268 g/mol. The van der Waals surface area contributed by atoms with Gasteiger partial charge in [-0.15, -0.1) is 0 Å². The molecule has 3 N–H and O–H groups in total. The smallest absolute Gasteiger partial charge is 0.0238 e. The summed E-state index contributed by atoms with van der Waals surface area (Å²) in [4.78, 5) is 0. The molecule has 0 fully saturated rings. The van der Waals surface area contributed by atoms with Crippen LogP contribution in [0.2, 0.25) is 0 Å². The van der Waals surface area contributed by atoms with Crippen molar-refractivity contribution >= 4 is 22.6 Å². The third-order valence-corrected chi connectivity index (χ3v) is 2.41. The average molecular weight is 268 g/mol. The lowest BCUT2D eigenvalue weighted by Crippen LogP contribution is -2.34. The van der Waals surface area contributed by atoms with Crippen LogP contribution in [0.4, 0.5) is 0 Å². The molecule has 0 spiro atoms. The third-order valence-electron chi connectivity index (χ3n) is 1.55. The van der Waals surface area contributed by atoms with Crippen LogP contribution < -0.4 is 11.1 Å². The predicted octanol–water partition coefficient (Wildman–Crippen LogP) is 1.65. The van der Waals surface area contributed by atoms with E-state index < -0.39 is 0 Å². The Kier molecular flexibility index (Phi) is 7.06. The van der Waals surface area contributed by atoms with Crippen molar-refractivity contribution in [3.63, 3.8) is 0 Å². The maximum Gasteiger partial charge on any atom is 0.0238 e. The molecule has 0 aromatic rings. The Bertz CT molecular complexity index is 113. The van der Waals surface area contributed by atoms with E-state index >= 15 is 0 Å². The summed E-state index contributed by atoms with van der Waals surface area (Å²) in [5.41, 5.74) is 5.26. The zero-order valence-corrected chi connectivity index (χ0v) is 9.34. The molecule has 0 rings (SSSR count). The Hall–Kier alpha value is 0.230. The maximum atomic E-state index is 5.26. The molecule has 0 saturated carbocycles. The molecule has 2 nitrogen and oxygen atoms in total. The zero-order valence-electron chi connectivity index (χ0n) is 7.18. The second-order valence-corrected chi connectivity index (χ2v) is 4.47. The second kappa shape index (κ2) is 6.91. The number of halogens is 1. The van der Waals surface area contributed by atoms with E-state index in [2.05, 4.69) is 41.8 Å². The van der Waals surface area contributed by atoms with Gasteiger partial charge in [0.25, 0.3) is 0 Å². The first-order chi connectivity index (χ1) is 5.22. The molecule has 0 heterocycles. The third kappa shape index (κ3) is 5.49. The molecule has 0 aliphatic heterocycles. The van der Waals surface area contributed by atoms with Crippen molar-refractivity contribution in [1.82, 2.24) is 5.32 Å². The van der Waals surface area contributed by atoms with E-state index in [4.69, 9.17) is 5.73 Å². The van der Waals surface area contributed by atoms with Crippen LogP contribution in [0.5, 0.6) is 0 Å². The lowest BCUT2D eigenvalue weighted by molar-refractivity contribution is 0.537. The van der Waals surface area contributed by atoms with Crippen LogP contribution in [0.3, 0.4) is 0 Å². The number of hydrogen-bond donors (Lipinski definition) is 2. The molecule has 3 heteroatoms. The van der Waals surface area contributed by atoms with Crippen LogP contribution in [0, 0.1) is 0 Å². The lowest BCUT2D eigenvalue weighted by Gasteiger charge is -2.18. The van der Waals surface area contributed by atoms with Crippen molar-refractivity contribution in [3.8, 4) is 0 Å². The van der Waals surface area contributed by atoms with Crippen LogP contribution in [0.15, 0.2) is 12.3 Å². The molecule has 1 unspecified atom stereocenters. The van der Waals surface area contributed by atoms with Gasteiger partial charge in [0, 0.05) is 9.97 Å². The van der Waals surface area contributed by atoms with E-state index in [0.717, 1.165) is 13.0 Å². The van der Waals surface area contributed by atoms with Gasteiger partial charge in [0.1, 0.15) is 0 Å². The normalized spacial score (nSPS) is 17.0. The molecule has 0 bridgehead atoms. The van der Waals surface area contributed by atoms with Gasteiger partial charge in [-0.25, -0.2) is 0 Å². The van der Waals surface area contributed by atoms with Gasteiger partial charge in [-0.1, -0.05) is 42.5 Å². The topological polar surface area (TPSA) is 38.0 Å². The zero-order chi connectivity index (χ0) is 8.69. The quantitative estimate of drug-likeness (QED) is 0.587. The minimum Gasteiger partial charge on any atom is -0.405 e. The minimum absolute atomic E-state index is 0.556. The van der Waals surface area contributed by atoms with Crippen molar-refractivity contribution < 1.29 is 0 Å². The largest absolute Gasteiger partial charge is 0.405 e. The van der Waals surface area contributed by atoms with Crippen molar-refractivity contribution in [3.05, 3.63) is 12.3 Å². The molecular weight excluding hydrogens is 251 g/mol. The molecule has 0 aromatic carbocycles. The van der Waals surface area contributed by atoms with E-state index in [9.17, 15) is 0 Å². The van der Waals surface area contributed by atoms with E-state index in [0.29, 0.717) is 9.97 Å². The molecular formula is C8H17IN2. The minimum atomic E-state index is 0.556. The molecule has 2 atom stereocenters. The SMILES string of the molecule is CCNC(C/C=C\N)[C@H](C)I. The van der Waals surface area contributed by atoms with Gasteiger partial charge in [0.2, 0.25) is 0 Å². The number of rotatable bonds is 5. The molecule has 11 heavy (non-hydrogen) atoms. The standard InChI is InChI=1S/C8H17IN2/c1-3-11-8(7(2)9)5-4-6-10/h4,6-8,11H,3,5,10H2,1-2H3/b6-4-/t7-,8?/m0/s1. The summed E-state index contributed by atoms with van der Waals surface area (Å²) >= 11 is 2.43. The van der Waals surface area contributed by atoms with Crippen molar-refractivity contribution in [2.24, 2.45) is 5.73 Å². The number of hydrogen-bond acceptors (Lipinski definition) is 2. The Labute approximate surface area is 82.8 Å². The van der Waals surface area contributed by atoms with E-state index in [1.165, 1.54) is 0 Å². The Morgan fingerprint density at radius 2 is 2.27 bits per heavy atom. The Morgan fingerprint density at radius 3 is 2.64 bits per heavy atom. The average Bonchev–Trinajstić information content (AvgIpc) is 1.97. The highest BCUT2D eigenvalue weighted by atomic mass is 127. The fraction of sp³-hybridized carbons (Fsp3) is 0.750. The van der Waals surface area contributed by atoms with Gasteiger partial charge in [-0.05, 0) is 19.2 Å². The molecule has 0 amide bonds. The van der Waals surface area contributed by atoms with E-state index in [1.54, 1.807) is 6.20 Å². The van der Waals surface area contributed by atoms with Crippen LogP contribution in [0.25, 0.3) is 0 Å². The Balaban J connectivity index is 3.69. The summed E-state index contributed by atoms with van der Waals surface area (Å²) < 4.78 is 0.642. The van der Waals surface area contributed by atoms with Crippen LogP contribution in [-0.2, 0) is 0 Å². The first-order valence-electron chi connectivity index (χ1n) is 3.96. The van der Waals surface area contributed by atoms with E-state index in [1.807, 2.05) is 6.08 Å². The Morgan fingerprint density at radius 1 is 1.64 bits per heavy atom. The highest BCUT2D eigenvalue weighted by Crippen LogP contribution is 2.08. The number of nitrogens with one attached hydrogen (secondary N) is 1. The summed E-state index contributed by atoms with van der Waals surface area (Å²) in [6.45, 7) is 5.35. The van der Waals surface area contributed by atoms with Gasteiger partial charge in [0.15, 0.2) is 0 Å². The van der Waals surface area contributed by atoms with Gasteiger partial charge < -0.3 is 11.1 Å².